The number of aryl methyl sites for hydroxylation is 1. The van der Waals surface area contributed by atoms with Gasteiger partial charge in [0.2, 0.25) is 0 Å². The summed E-state index contributed by atoms with van der Waals surface area (Å²) in [6, 6.07) is 9.15. The molecule has 3 atom stereocenters. The first-order valence-corrected chi connectivity index (χ1v) is 9.97. The van der Waals surface area contributed by atoms with Gasteiger partial charge in [-0.2, -0.15) is 0 Å². The molecule has 2 fully saturated rings. The maximum atomic E-state index is 5.58. The predicted molar refractivity (Wildman–Crippen MR) is 109 cm³/mol. The Labute approximate surface area is 167 Å². The predicted octanol–water partition coefficient (Wildman–Crippen LogP) is 2.76. The van der Waals surface area contributed by atoms with Crippen molar-refractivity contribution in [2.75, 3.05) is 27.3 Å². The monoisotopic (exact) mass is 382 g/mol. The quantitative estimate of drug-likeness (QED) is 0.829. The summed E-state index contributed by atoms with van der Waals surface area (Å²) in [7, 11) is 3.45. The van der Waals surface area contributed by atoms with Crippen LogP contribution in [0.2, 0.25) is 0 Å². The minimum absolute atomic E-state index is 0.282. The molecule has 2 aliphatic rings. The maximum Gasteiger partial charge on any atom is 0.128 e. The Hall–Kier alpha value is -2.15. The molecule has 2 aromatic rings. The normalized spacial score (nSPS) is 24.8. The molecular formula is C22H30N4O2. The highest BCUT2D eigenvalue weighted by atomic mass is 16.5. The van der Waals surface area contributed by atoms with E-state index in [4.69, 9.17) is 14.5 Å². The molecule has 0 spiro atoms. The van der Waals surface area contributed by atoms with E-state index >= 15 is 0 Å². The first-order valence-electron chi connectivity index (χ1n) is 9.97. The summed E-state index contributed by atoms with van der Waals surface area (Å²) in [6.45, 7) is 7.11. The minimum Gasteiger partial charge on any atom is -0.497 e. The molecule has 6 nitrogen and oxygen atoms in total. The average Bonchev–Trinajstić information content (AvgIpc) is 3.14. The number of hydrogen-bond acceptors (Lipinski definition) is 6. The molecule has 4 rings (SSSR count). The van der Waals surface area contributed by atoms with Crippen molar-refractivity contribution in [2.45, 2.75) is 38.9 Å². The van der Waals surface area contributed by atoms with E-state index in [1.54, 1.807) is 14.2 Å². The Balaban J connectivity index is 1.51. The van der Waals surface area contributed by atoms with Gasteiger partial charge < -0.3 is 9.47 Å². The number of aromatic nitrogens is 1. The van der Waals surface area contributed by atoms with Crippen LogP contribution >= 0.6 is 0 Å². The number of benzene rings is 1. The zero-order chi connectivity index (χ0) is 19.7. The lowest BCUT2D eigenvalue weighted by atomic mass is 9.85. The number of nitrogens with one attached hydrogen (secondary N) is 2. The van der Waals surface area contributed by atoms with Gasteiger partial charge in [-0.1, -0.05) is 12.1 Å². The molecule has 2 saturated heterocycles. The highest BCUT2D eigenvalue weighted by molar-refractivity contribution is 5.41. The number of ether oxygens (including phenoxy) is 2. The van der Waals surface area contributed by atoms with Gasteiger partial charge in [0.25, 0.3) is 0 Å². The van der Waals surface area contributed by atoms with E-state index in [1.807, 2.05) is 19.2 Å². The van der Waals surface area contributed by atoms with Crippen molar-refractivity contribution in [3.8, 4) is 11.5 Å². The van der Waals surface area contributed by atoms with Gasteiger partial charge in [-0.15, -0.1) is 0 Å². The fourth-order valence-corrected chi connectivity index (χ4v) is 4.62. The Kier molecular flexibility index (Phi) is 5.53. The molecule has 3 heterocycles. The second-order valence-electron chi connectivity index (χ2n) is 7.88. The van der Waals surface area contributed by atoms with Crippen LogP contribution in [0.5, 0.6) is 11.5 Å². The Bertz CT molecular complexity index is 841. The molecule has 1 aromatic heterocycles. The van der Waals surface area contributed by atoms with Gasteiger partial charge in [0.05, 0.1) is 26.0 Å². The number of rotatable bonds is 5. The summed E-state index contributed by atoms with van der Waals surface area (Å²) < 4.78 is 11.0. The van der Waals surface area contributed by atoms with Crippen LogP contribution in [0.1, 0.15) is 34.8 Å². The molecule has 1 aromatic carbocycles. The van der Waals surface area contributed by atoms with Crippen molar-refractivity contribution >= 4 is 0 Å². The first-order chi connectivity index (χ1) is 13.6. The summed E-state index contributed by atoms with van der Waals surface area (Å²) >= 11 is 0. The molecule has 0 amide bonds. The topological polar surface area (TPSA) is 58.7 Å². The summed E-state index contributed by atoms with van der Waals surface area (Å²) in [5.41, 5.74) is 11.7. The molecule has 0 aliphatic carbocycles. The highest BCUT2D eigenvalue weighted by Gasteiger charge is 2.40. The van der Waals surface area contributed by atoms with Crippen molar-refractivity contribution < 1.29 is 9.47 Å². The van der Waals surface area contributed by atoms with Gasteiger partial charge in [-0.05, 0) is 38.0 Å². The third kappa shape index (κ3) is 3.60. The fraction of sp³-hybridized carbons (Fsp3) is 0.500. The van der Waals surface area contributed by atoms with Gasteiger partial charge in [-0.25, -0.2) is 5.43 Å². The number of methoxy groups -OCH3 is 2. The molecule has 6 heteroatoms. The smallest absolute Gasteiger partial charge is 0.128 e. The number of hydrogen-bond donors (Lipinski definition) is 2. The third-order valence-electron chi connectivity index (χ3n) is 6.17. The van der Waals surface area contributed by atoms with E-state index in [0.717, 1.165) is 54.4 Å². The zero-order valence-electron chi connectivity index (χ0n) is 17.2. The van der Waals surface area contributed by atoms with Crippen molar-refractivity contribution in [3.05, 3.63) is 52.8 Å². The van der Waals surface area contributed by atoms with Gasteiger partial charge in [0, 0.05) is 48.9 Å². The van der Waals surface area contributed by atoms with E-state index < -0.39 is 0 Å². The lowest BCUT2D eigenvalue weighted by molar-refractivity contribution is 0.146. The van der Waals surface area contributed by atoms with E-state index in [2.05, 4.69) is 40.9 Å². The number of nitrogens with zero attached hydrogens (tertiary/aromatic N) is 2. The number of fused-ring (bicyclic) bond motifs is 1. The standard InChI is InChI=1S/C22H30N4O2/c1-14-11-23-20(15(2)22(14)28-4)13-26-9-8-19-18(12-26)21(25-24-19)16-6-5-7-17(10-16)27-3/h5-7,10-11,18-19,21,24-25H,8-9,12-13H2,1-4H3. The summed E-state index contributed by atoms with van der Waals surface area (Å²) in [5.74, 6) is 2.37. The molecule has 2 aliphatic heterocycles. The van der Waals surface area contributed by atoms with Crippen LogP contribution in [-0.2, 0) is 6.54 Å². The van der Waals surface area contributed by atoms with E-state index in [-0.39, 0.29) is 6.04 Å². The Morgan fingerprint density at radius 1 is 1.18 bits per heavy atom. The Morgan fingerprint density at radius 2 is 2.04 bits per heavy atom. The lowest BCUT2D eigenvalue weighted by Gasteiger charge is -2.36. The average molecular weight is 383 g/mol. The highest BCUT2D eigenvalue weighted by Crippen LogP contribution is 2.35. The zero-order valence-corrected chi connectivity index (χ0v) is 17.2. The van der Waals surface area contributed by atoms with Gasteiger partial charge in [0.1, 0.15) is 11.5 Å². The lowest BCUT2D eigenvalue weighted by Crippen LogP contribution is -2.45. The van der Waals surface area contributed by atoms with Gasteiger partial charge >= 0.3 is 0 Å². The van der Waals surface area contributed by atoms with E-state index in [1.165, 1.54) is 5.56 Å². The molecular weight excluding hydrogens is 352 g/mol. The Morgan fingerprint density at radius 3 is 2.82 bits per heavy atom. The molecule has 0 radical (unpaired) electrons. The SMILES string of the molecule is COc1cccc(C2NNC3CCN(Cc4ncc(C)c(OC)c4C)CC32)c1. The third-order valence-corrected chi connectivity index (χ3v) is 6.17. The van der Waals surface area contributed by atoms with E-state index in [0.29, 0.717) is 12.0 Å². The number of likely N-dealkylation sites (tertiary alicyclic amines) is 1. The summed E-state index contributed by atoms with van der Waals surface area (Å²) in [4.78, 5) is 7.22. The molecule has 3 unspecified atom stereocenters. The van der Waals surface area contributed by atoms with Crippen molar-refractivity contribution in [1.82, 2.24) is 20.7 Å². The van der Waals surface area contributed by atoms with Crippen LogP contribution in [0.15, 0.2) is 30.5 Å². The summed E-state index contributed by atoms with van der Waals surface area (Å²) in [5, 5.41) is 0. The second-order valence-corrected chi connectivity index (χ2v) is 7.88. The van der Waals surface area contributed by atoms with Crippen molar-refractivity contribution in [3.63, 3.8) is 0 Å². The molecule has 150 valence electrons. The second kappa shape index (κ2) is 8.07. The molecule has 28 heavy (non-hydrogen) atoms. The molecule has 2 N–H and O–H groups in total. The van der Waals surface area contributed by atoms with Crippen LogP contribution in [0.3, 0.4) is 0 Å². The van der Waals surface area contributed by atoms with Crippen LogP contribution in [0, 0.1) is 19.8 Å². The molecule has 0 saturated carbocycles. The largest absolute Gasteiger partial charge is 0.497 e. The van der Waals surface area contributed by atoms with Crippen LogP contribution in [0.4, 0.5) is 0 Å². The number of hydrazine groups is 1. The number of pyridine rings is 1. The van der Waals surface area contributed by atoms with E-state index in [9.17, 15) is 0 Å². The van der Waals surface area contributed by atoms with Gasteiger partial charge in [-0.3, -0.25) is 15.3 Å². The maximum absolute atomic E-state index is 5.58. The van der Waals surface area contributed by atoms with Crippen LogP contribution in [-0.4, -0.2) is 43.2 Å². The summed E-state index contributed by atoms with van der Waals surface area (Å²) in [6.07, 6.45) is 3.05. The van der Waals surface area contributed by atoms with Crippen molar-refractivity contribution in [2.24, 2.45) is 5.92 Å². The van der Waals surface area contributed by atoms with Crippen molar-refractivity contribution in [1.29, 1.82) is 0 Å². The van der Waals surface area contributed by atoms with Crippen LogP contribution < -0.4 is 20.3 Å². The minimum atomic E-state index is 0.282. The molecule has 0 bridgehead atoms. The fourth-order valence-electron chi connectivity index (χ4n) is 4.62. The van der Waals surface area contributed by atoms with Gasteiger partial charge in [0.15, 0.2) is 0 Å². The number of piperidine rings is 1. The first kappa shape index (κ1) is 19.2. The van der Waals surface area contributed by atoms with Crippen LogP contribution in [0.25, 0.3) is 0 Å².